The number of fused-ring (bicyclic) bond motifs is 1. The normalized spacial score (nSPS) is 15.9. The van der Waals surface area contributed by atoms with Crippen molar-refractivity contribution in [3.8, 4) is 17.1 Å². The van der Waals surface area contributed by atoms with Crippen LogP contribution in [0, 0.1) is 5.82 Å². The molecule has 29 heavy (non-hydrogen) atoms. The molecule has 1 aliphatic heterocycles. The van der Waals surface area contributed by atoms with Gasteiger partial charge in [-0.25, -0.2) is 9.18 Å². The van der Waals surface area contributed by atoms with Gasteiger partial charge in [-0.3, -0.25) is 14.9 Å². The summed E-state index contributed by atoms with van der Waals surface area (Å²) in [5, 5.41) is 7.69. The quantitative estimate of drug-likeness (QED) is 0.586. The molecule has 1 atom stereocenters. The largest absolute Gasteiger partial charge is 0.496 e. The SMILES string of the molecule is CNC(=O)c1c(-c2ccc(F)cc2)oc2cc(C3NC(=O)NC3=O)c(OC)cc12. The summed E-state index contributed by atoms with van der Waals surface area (Å²) >= 11 is 0. The van der Waals surface area contributed by atoms with Crippen LogP contribution in [0.2, 0.25) is 0 Å². The minimum absolute atomic E-state index is 0.249. The second-order valence-corrected chi connectivity index (χ2v) is 6.38. The average molecular weight is 397 g/mol. The van der Waals surface area contributed by atoms with Crippen molar-refractivity contribution in [2.24, 2.45) is 0 Å². The molecule has 2 aromatic carbocycles. The number of urea groups is 1. The molecule has 1 unspecified atom stereocenters. The Morgan fingerprint density at radius 1 is 1.21 bits per heavy atom. The van der Waals surface area contributed by atoms with E-state index in [2.05, 4.69) is 16.0 Å². The lowest BCUT2D eigenvalue weighted by Crippen LogP contribution is -2.22. The Morgan fingerprint density at radius 2 is 1.93 bits per heavy atom. The highest BCUT2D eigenvalue weighted by atomic mass is 19.1. The van der Waals surface area contributed by atoms with E-state index >= 15 is 0 Å². The fourth-order valence-electron chi connectivity index (χ4n) is 3.33. The molecular weight excluding hydrogens is 381 g/mol. The summed E-state index contributed by atoms with van der Waals surface area (Å²) < 4.78 is 24.6. The van der Waals surface area contributed by atoms with Crippen LogP contribution in [0.1, 0.15) is 22.0 Å². The average Bonchev–Trinajstić information content (AvgIpc) is 3.25. The Hall–Kier alpha value is -3.88. The summed E-state index contributed by atoms with van der Waals surface area (Å²) in [6.07, 6.45) is 0. The Labute approximate surface area is 164 Å². The van der Waals surface area contributed by atoms with Gasteiger partial charge in [-0.05, 0) is 36.4 Å². The van der Waals surface area contributed by atoms with Crippen molar-refractivity contribution in [2.75, 3.05) is 14.2 Å². The van der Waals surface area contributed by atoms with E-state index in [-0.39, 0.29) is 11.3 Å². The minimum Gasteiger partial charge on any atom is -0.496 e. The Morgan fingerprint density at radius 3 is 2.52 bits per heavy atom. The molecule has 3 aromatic rings. The van der Waals surface area contributed by atoms with Crippen molar-refractivity contribution in [3.63, 3.8) is 0 Å². The highest BCUT2D eigenvalue weighted by molar-refractivity contribution is 6.12. The first-order valence-electron chi connectivity index (χ1n) is 8.66. The van der Waals surface area contributed by atoms with Crippen molar-refractivity contribution in [2.45, 2.75) is 6.04 Å². The van der Waals surface area contributed by atoms with Crippen molar-refractivity contribution in [1.82, 2.24) is 16.0 Å². The van der Waals surface area contributed by atoms with E-state index in [4.69, 9.17) is 9.15 Å². The number of amides is 4. The molecule has 0 saturated carbocycles. The Bertz CT molecular complexity index is 1150. The van der Waals surface area contributed by atoms with Gasteiger partial charge in [0.05, 0.1) is 12.7 Å². The standard InChI is InChI=1S/C20H16FN3O5/c1-22-18(25)15-11-7-13(28-2)12(16-19(26)24-20(27)23-16)8-14(11)29-17(15)9-3-5-10(21)6-4-9/h3-8,16H,1-2H3,(H,22,25)(H2,23,24,26,27). The molecule has 9 heteroatoms. The molecule has 0 spiro atoms. The topological polar surface area (TPSA) is 110 Å². The number of hydrogen-bond donors (Lipinski definition) is 3. The summed E-state index contributed by atoms with van der Waals surface area (Å²) in [4.78, 5) is 36.2. The van der Waals surface area contributed by atoms with Crippen LogP contribution >= 0.6 is 0 Å². The molecule has 1 aromatic heterocycles. The molecule has 3 N–H and O–H groups in total. The third-order valence-corrected chi connectivity index (χ3v) is 4.69. The first kappa shape index (κ1) is 18.5. The summed E-state index contributed by atoms with van der Waals surface area (Å²) in [6, 6.07) is 7.09. The second-order valence-electron chi connectivity index (χ2n) is 6.38. The lowest BCUT2D eigenvalue weighted by molar-refractivity contribution is -0.120. The Kier molecular flexibility index (Phi) is 4.42. The van der Waals surface area contributed by atoms with E-state index in [1.54, 1.807) is 12.1 Å². The molecule has 4 amide bonds. The summed E-state index contributed by atoms with van der Waals surface area (Å²) in [5.74, 6) is -0.789. The monoisotopic (exact) mass is 397 g/mol. The number of methoxy groups -OCH3 is 1. The fourth-order valence-corrected chi connectivity index (χ4v) is 3.33. The van der Waals surface area contributed by atoms with Crippen LogP contribution in [0.5, 0.6) is 5.75 Å². The number of carbonyl (C=O) groups excluding carboxylic acids is 3. The van der Waals surface area contributed by atoms with Gasteiger partial charge in [0.25, 0.3) is 11.8 Å². The highest BCUT2D eigenvalue weighted by Gasteiger charge is 2.34. The maximum atomic E-state index is 13.3. The highest BCUT2D eigenvalue weighted by Crippen LogP contribution is 2.39. The van der Waals surface area contributed by atoms with Gasteiger partial charge in [-0.1, -0.05) is 0 Å². The van der Waals surface area contributed by atoms with Crippen LogP contribution in [0.25, 0.3) is 22.3 Å². The number of ether oxygens (including phenoxy) is 1. The van der Waals surface area contributed by atoms with Gasteiger partial charge in [-0.15, -0.1) is 0 Å². The summed E-state index contributed by atoms with van der Waals surface area (Å²) in [7, 11) is 2.90. The van der Waals surface area contributed by atoms with Crippen molar-refractivity contribution in [3.05, 3.63) is 53.3 Å². The van der Waals surface area contributed by atoms with Gasteiger partial charge in [0.2, 0.25) is 0 Å². The van der Waals surface area contributed by atoms with Gasteiger partial charge in [-0.2, -0.15) is 0 Å². The molecule has 8 nitrogen and oxygen atoms in total. The van der Waals surface area contributed by atoms with Gasteiger partial charge in [0, 0.05) is 23.6 Å². The molecule has 2 heterocycles. The van der Waals surface area contributed by atoms with Crippen molar-refractivity contribution in [1.29, 1.82) is 0 Å². The molecule has 1 saturated heterocycles. The number of carbonyl (C=O) groups is 3. The van der Waals surface area contributed by atoms with Crippen LogP contribution in [0.4, 0.5) is 9.18 Å². The van der Waals surface area contributed by atoms with Crippen LogP contribution in [0.3, 0.4) is 0 Å². The van der Waals surface area contributed by atoms with Crippen LogP contribution in [-0.2, 0) is 4.79 Å². The summed E-state index contributed by atoms with van der Waals surface area (Å²) in [5.41, 5.74) is 1.45. The van der Waals surface area contributed by atoms with Crippen LogP contribution < -0.4 is 20.7 Å². The smallest absolute Gasteiger partial charge is 0.322 e. The van der Waals surface area contributed by atoms with Gasteiger partial charge in [0.1, 0.15) is 29.0 Å². The predicted molar refractivity (Wildman–Crippen MR) is 101 cm³/mol. The number of halogens is 1. The van der Waals surface area contributed by atoms with Crippen molar-refractivity contribution < 1.29 is 27.9 Å². The molecule has 0 bridgehead atoms. The Balaban J connectivity index is 1.95. The first-order chi connectivity index (χ1) is 13.9. The van der Waals surface area contributed by atoms with Gasteiger partial charge >= 0.3 is 6.03 Å². The van der Waals surface area contributed by atoms with E-state index in [9.17, 15) is 18.8 Å². The lowest BCUT2D eigenvalue weighted by atomic mass is 10.0. The second kappa shape index (κ2) is 6.93. The third kappa shape index (κ3) is 3.06. The molecule has 0 aliphatic carbocycles. The van der Waals surface area contributed by atoms with E-state index in [0.717, 1.165) is 0 Å². The fraction of sp³-hybridized carbons (Fsp3) is 0.150. The van der Waals surface area contributed by atoms with E-state index < -0.39 is 29.7 Å². The maximum Gasteiger partial charge on any atom is 0.322 e. The minimum atomic E-state index is -0.954. The maximum absolute atomic E-state index is 13.3. The number of nitrogens with one attached hydrogen (secondary N) is 3. The zero-order chi connectivity index (χ0) is 20.7. The van der Waals surface area contributed by atoms with Gasteiger partial charge < -0.3 is 19.8 Å². The molecular formula is C20H16FN3O5. The predicted octanol–water partition coefficient (Wildman–Crippen LogP) is 2.49. The number of hydrogen-bond acceptors (Lipinski definition) is 5. The van der Waals surface area contributed by atoms with Crippen LogP contribution in [0.15, 0.2) is 40.8 Å². The zero-order valence-electron chi connectivity index (χ0n) is 15.5. The molecule has 4 rings (SSSR count). The number of imide groups is 1. The van der Waals surface area contributed by atoms with E-state index in [0.29, 0.717) is 27.8 Å². The molecule has 148 valence electrons. The van der Waals surface area contributed by atoms with Crippen molar-refractivity contribution >= 4 is 28.8 Å². The lowest BCUT2D eigenvalue weighted by Gasteiger charge is -2.12. The number of benzene rings is 2. The van der Waals surface area contributed by atoms with E-state index in [1.165, 1.54) is 38.4 Å². The van der Waals surface area contributed by atoms with Crippen LogP contribution in [-0.4, -0.2) is 32.0 Å². The van der Waals surface area contributed by atoms with E-state index in [1.807, 2.05) is 0 Å². The third-order valence-electron chi connectivity index (χ3n) is 4.69. The molecule has 1 aliphatic rings. The zero-order valence-corrected chi connectivity index (χ0v) is 15.5. The van der Waals surface area contributed by atoms with Gasteiger partial charge in [0.15, 0.2) is 0 Å². The first-order valence-corrected chi connectivity index (χ1v) is 8.66. The summed E-state index contributed by atoms with van der Waals surface area (Å²) in [6.45, 7) is 0. The molecule has 1 fully saturated rings. The number of furan rings is 1. The molecule has 0 radical (unpaired) electrons. The number of rotatable bonds is 4.